The highest BCUT2D eigenvalue weighted by Gasteiger charge is 2.15. The Balaban J connectivity index is 2.20. The third-order valence-corrected chi connectivity index (χ3v) is 2.86. The van der Waals surface area contributed by atoms with Crippen LogP contribution in [0.15, 0.2) is 18.2 Å². The Labute approximate surface area is 90.1 Å². The van der Waals surface area contributed by atoms with Gasteiger partial charge in [-0.2, -0.15) is 0 Å². The van der Waals surface area contributed by atoms with Gasteiger partial charge in [0, 0.05) is 18.9 Å². The van der Waals surface area contributed by atoms with Gasteiger partial charge in [0.1, 0.15) is 5.75 Å². The Bertz CT molecular complexity index is 338. The fourth-order valence-electron chi connectivity index (χ4n) is 1.99. The Morgan fingerprint density at radius 1 is 1.53 bits per heavy atom. The molecule has 0 amide bonds. The van der Waals surface area contributed by atoms with E-state index in [1.54, 1.807) is 0 Å². The first kappa shape index (κ1) is 10.5. The van der Waals surface area contributed by atoms with E-state index in [0.717, 1.165) is 25.3 Å². The minimum Gasteiger partial charge on any atom is -0.493 e. The van der Waals surface area contributed by atoms with E-state index in [9.17, 15) is 5.11 Å². The van der Waals surface area contributed by atoms with Crippen LogP contribution in [0.1, 0.15) is 17.0 Å². The van der Waals surface area contributed by atoms with Gasteiger partial charge in [0.05, 0.1) is 13.2 Å². The van der Waals surface area contributed by atoms with E-state index in [0.29, 0.717) is 0 Å². The predicted octanol–water partition coefficient (Wildman–Crippen LogP) is 0.917. The van der Waals surface area contributed by atoms with Crippen molar-refractivity contribution in [1.29, 1.82) is 0 Å². The second kappa shape index (κ2) is 4.64. The van der Waals surface area contributed by atoms with Gasteiger partial charge in [-0.1, -0.05) is 12.1 Å². The molecule has 0 radical (unpaired) electrons. The summed E-state index contributed by atoms with van der Waals surface area (Å²) >= 11 is 0. The maximum absolute atomic E-state index is 9.29. The van der Waals surface area contributed by atoms with Crippen LogP contribution >= 0.6 is 0 Å². The first-order chi connectivity index (χ1) is 7.35. The molecule has 1 aliphatic rings. The quantitative estimate of drug-likeness (QED) is 0.771. The van der Waals surface area contributed by atoms with Gasteiger partial charge in [-0.05, 0) is 24.2 Å². The van der Waals surface area contributed by atoms with Crippen molar-refractivity contribution in [2.24, 2.45) is 0 Å². The molecule has 3 heteroatoms. The highest BCUT2D eigenvalue weighted by molar-refractivity contribution is 5.41. The molecule has 0 bridgehead atoms. The van der Waals surface area contributed by atoms with E-state index in [-0.39, 0.29) is 12.5 Å². The number of aliphatic hydroxyl groups excluding tert-OH is 1. The number of fused-ring (bicyclic) bond motifs is 1. The number of hydrogen-bond acceptors (Lipinski definition) is 3. The number of likely N-dealkylation sites (N-methyl/N-ethyl adjacent to an activating group) is 1. The smallest absolute Gasteiger partial charge is 0.122 e. The van der Waals surface area contributed by atoms with Crippen LogP contribution < -0.4 is 10.1 Å². The van der Waals surface area contributed by atoms with Gasteiger partial charge in [0.2, 0.25) is 0 Å². The molecular formula is C12H17NO2. The van der Waals surface area contributed by atoms with E-state index in [4.69, 9.17) is 4.74 Å². The summed E-state index contributed by atoms with van der Waals surface area (Å²) in [5, 5.41) is 12.4. The van der Waals surface area contributed by atoms with Gasteiger partial charge in [0.25, 0.3) is 0 Å². The second-order valence-electron chi connectivity index (χ2n) is 3.90. The minimum atomic E-state index is 0.181. The summed E-state index contributed by atoms with van der Waals surface area (Å²) in [6.07, 6.45) is 0.987. The lowest BCUT2D eigenvalue weighted by atomic mass is 9.97. The summed E-state index contributed by atoms with van der Waals surface area (Å²) in [4.78, 5) is 0. The minimum absolute atomic E-state index is 0.181. The summed E-state index contributed by atoms with van der Waals surface area (Å²) < 4.78 is 5.45. The van der Waals surface area contributed by atoms with Crippen molar-refractivity contribution in [3.8, 4) is 5.75 Å². The topological polar surface area (TPSA) is 41.5 Å². The summed E-state index contributed by atoms with van der Waals surface area (Å²) in [7, 11) is 1.90. The van der Waals surface area contributed by atoms with Crippen LogP contribution in [-0.4, -0.2) is 31.9 Å². The fraction of sp³-hybridized carbons (Fsp3) is 0.500. The maximum atomic E-state index is 9.29. The number of rotatable bonds is 4. The average molecular weight is 207 g/mol. The number of hydrogen-bond donors (Lipinski definition) is 2. The monoisotopic (exact) mass is 207 g/mol. The largest absolute Gasteiger partial charge is 0.493 e. The molecule has 0 spiro atoms. The van der Waals surface area contributed by atoms with Gasteiger partial charge in [-0.3, -0.25) is 0 Å². The van der Waals surface area contributed by atoms with Crippen LogP contribution in [0.5, 0.6) is 5.75 Å². The van der Waals surface area contributed by atoms with E-state index in [1.807, 2.05) is 19.2 Å². The normalized spacial score (nSPS) is 15.9. The number of ether oxygens (including phenoxy) is 1. The summed E-state index contributed by atoms with van der Waals surface area (Å²) in [6, 6.07) is 6.21. The van der Waals surface area contributed by atoms with Crippen molar-refractivity contribution in [1.82, 2.24) is 5.32 Å². The van der Waals surface area contributed by atoms with Crippen LogP contribution in [0.4, 0.5) is 0 Å². The molecule has 82 valence electrons. The van der Waals surface area contributed by atoms with Crippen LogP contribution in [-0.2, 0) is 6.42 Å². The van der Waals surface area contributed by atoms with Crippen molar-refractivity contribution >= 4 is 0 Å². The first-order valence-electron chi connectivity index (χ1n) is 5.36. The van der Waals surface area contributed by atoms with Crippen molar-refractivity contribution in [2.75, 3.05) is 26.8 Å². The molecular weight excluding hydrogens is 190 g/mol. The molecule has 15 heavy (non-hydrogen) atoms. The lowest BCUT2D eigenvalue weighted by Crippen LogP contribution is -2.20. The molecule has 0 aliphatic carbocycles. The highest BCUT2D eigenvalue weighted by atomic mass is 16.5. The van der Waals surface area contributed by atoms with E-state index in [1.165, 1.54) is 11.1 Å². The van der Waals surface area contributed by atoms with Crippen molar-refractivity contribution < 1.29 is 9.84 Å². The number of aliphatic hydroxyl groups is 1. The molecule has 1 aromatic rings. The van der Waals surface area contributed by atoms with Gasteiger partial charge >= 0.3 is 0 Å². The van der Waals surface area contributed by atoms with E-state index in [2.05, 4.69) is 11.4 Å². The standard InChI is InChI=1S/C12H17NO2/c1-13-7-11(8-14)9-2-3-12-10(6-9)4-5-15-12/h2-3,6,11,13-14H,4-5,7-8H2,1H3. The Morgan fingerprint density at radius 3 is 3.13 bits per heavy atom. The zero-order chi connectivity index (χ0) is 10.7. The van der Waals surface area contributed by atoms with Gasteiger partial charge < -0.3 is 15.2 Å². The molecule has 0 saturated carbocycles. The van der Waals surface area contributed by atoms with Crippen molar-refractivity contribution in [3.05, 3.63) is 29.3 Å². The van der Waals surface area contributed by atoms with E-state index >= 15 is 0 Å². The Morgan fingerprint density at radius 2 is 2.40 bits per heavy atom. The highest BCUT2D eigenvalue weighted by Crippen LogP contribution is 2.28. The lowest BCUT2D eigenvalue weighted by molar-refractivity contribution is 0.263. The second-order valence-corrected chi connectivity index (χ2v) is 3.90. The molecule has 2 N–H and O–H groups in total. The molecule has 1 atom stereocenters. The zero-order valence-electron chi connectivity index (χ0n) is 8.99. The summed E-state index contributed by atoms with van der Waals surface area (Å²) in [5.41, 5.74) is 2.46. The Hall–Kier alpha value is -1.06. The molecule has 0 fully saturated rings. The van der Waals surface area contributed by atoms with Crippen LogP contribution in [0, 0.1) is 0 Å². The van der Waals surface area contributed by atoms with Crippen LogP contribution in [0.3, 0.4) is 0 Å². The van der Waals surface area contributed by atoms with Crippen molar-refractivity contribution in [3.63, 3.8) is 0 Å². The third kappa shape index (κ3) is 2.13. The molecule has 0 saturated heterocycles. The molecule has 0 aromatic heterocycles. The predicted molar refractivity (Wildman–Crippen MR) is 59.4 cm³/mol. The first-order valence-corrected chi connectivity index (χ1v) is 5.36. The molecule has 1 aromatic carbocycles. The maximum Gasteiger partial charge on any atom is 0.122 e. The third-order valence-electron chi connectivity index (χ3n) is 2.86. The van der Waals surface area contributed by atoms with Crippen LogP contribution in [0.2, 0.25) is 0 Å². The zero-order valence-corrected chi connectivity index (χ0v) is 8.99. The fourth-order valence-corrected chi connectivity index (χ4v) is 1.99. The van der Waals surface area contributed by atoms with Crippen LogP contribution in [0.25, 0.3) is 0 Å². The van der Waals surface area contributed by atoms with Gasteiger partial charge in [0.15, 0.2) is 0 Å². The average Bonchev–Trinajstić information content (AvgIpc) is 2.72. The molecule has 2 rings (SSSR count). The van der Waals surface area contributed by atoms with E-state index < -0.39 is 0 Å². The molecule has 1 heterocycles. The molecule has 3 nitrogen and oxygen atoms in total. The van der Waals surface area contributed by atoms with Gasteiger partial charge in [-0.15, -0.1) is 0 Å². The Kier molecular flexibility index (Phi) is 3.23. The summed E-state index contributed by atoms with van der Waals surface area (Å²) in [6.45, 7) is 1.77. The number of benzene rings is 1. The van der Waals surface area contributed by atoms with Gasteiger partial charge in [-0.25, -0.2) is 0 Å². The SMILES string of the molecule is CNCC(CO)c1ccc2c(c1)CCO2. The molecule has 1 unspecified atom stereocenters. The lowest BCUT2D eigenvalue weighted by Gasteiger charge is -2.14. The van der Waals surface area contributed by atoms with Crippen molar-refractivity contribution in [2.45, 2.75) is 12.3 Å². The molecule has 1 aliphatic heterocycles. The number of nitrogens with one attached hydrogen (secondary N) is 1. The summed E-state index contributed by atoms with van der Waals surface area (Å²) in [5.74, 6) is 1.18.